The molecule has 1 aromatic heterocycles. The molecule has 1 fully saturated rings. The Morgan fingerprint density at radius 1 is 1.21 bits per heavy atom. The normalized spacial score (nSPS) is 21.1. The number of carbonyl (C=O) groups is 1. The van der Waals surface area contributed by atoms with Gasteiger partial charge in [-0.3, -0.25) is 4.79 Å². The van der Waals surface area contributed by atoms with E-state index in [-0.39, 0.29) is 11.8 Å². The first kappa shape index (κ1) is 16.8. The molecule has 1 aliphatic rings. The molecule has 1 N–H and O–H groups in total. The topological polar surface area (TPSA) is 45.5 Å². The molecule has 0 unspecified atom stereocenters. The Kier molecular flexibility index (Phi) is 4.50. The number of β-amino-alcohol motifs (C(OH)–C–C–N with tert-alkyl or cyclic N) is 1. The maximum atomic E-state index is 13.0. The minimum atomic E-state index is -0.428. The Morgan fingerprint density at radius 2 is 1.92 bits per heavy atom. The van der Waals surface area contributed by atoms with E-state index in [1.54, 1.807) is 4.90 Å². The molecule has 2 aromatic rings. The summed E-state index contributed by atoms with van der Waals surface area (Å²) < 4.78 is 2.14. The summed E-state index contributed by atoms with van der Waals surface area (Å²) in [6.45, 7) is 9.28. The highest BCUT2D eigenvalue weighted by molar-refractivity contribution is 5.96. The van der Waals surface area contributed by atoms with Gasteiger partial charge in [0.05, 0.1) is 11.7 Å². The molecule has 4 nitrogen and oxygen atoms in total. The lowest BCUT2D eigenvalue weighted by atomic mass is 9.95. The molecular weight excluding hydrogens is 300 g/mol. The average Bonchev–Trinajstić information content (AvgIpc) is 2.85. The van der Waals surface area contributed by atoms with Crippen molar-refractivity contribution < 1.29 is 9.90 Å². The summed E-state index contributed by atoms with van der Waals surface area (Å²) in [4.78, 5) is 14.7. The SMILES string of the molecule is Cc1ccccc1-n1c(C)cc(C(=O)N2CC[C@@H](C)[C@H](O)C2)c1C. The smallest absolute Gasteiger partial charge is 0.255 e. The van der Waals surface area contributed by atoms with Crippen molar-refractivity contribution in [2.45, 2.75) is 40.2 Å². The van der Waals surface area contributed by atoms with Gasteiger partial charge in [-0.15, -0.1) is 0 Å². The van der Waals surface area contributed by atoms with Gasteiger partial charge in [0.15, 0.2) is 0 Å². The minimum Gasteiger partial charge on any atom is -0.391 e. The molecule has 0 aliphatic carbocycles. The van der Waals surface area contributed by atoms with E-state index >= 15 is 0 Å². The maximum absolute atomic E-state index is 13.0. The van der Waals surface area contributed by atoms with Crippen LogP contribution in [0.3, 0.4) is 0 Å². The van der Waals surface area contributed by atoms with E-state index in [0.717, 1.165) is 29.1 Å². The zero-order valence-corrected chi connectivity index (χ0v) is 14.9. The van der Waals surface area contributed by atoms with Gasteiger partial charge in [-0.25, -0.2) is 0 Å². The second-order valence-electron chi connectivity index (χ2n) is 6.99. The van der Waals surface area contributed by atoms with E-state index in [4.69, 9.17) is 0 Å². The third kappa shape index (κ3) is 2.86. The molecule has 1 amide bonds. The number of likely N-dealkylation sites (tertiary alicyclic amines) is 1. The quantitative estimate of drug-likeness (QED) is 0.921. The summed E-state index contributed by atoms with van der Waals surface area (Å²) in [5.74, 6) is 0.280. The van der Waals surface area contributed by atoms with Gasteiger partial charge >= 0.3 is 0 Å². The summed E-state index contributed by atoms with van der Waals surface area (Å²) in [5, 5.41) is 10.1. The summed E-state index contributed by atoms with van der Waals surface area (Å²) >= 11 is 0. The molecule has 128 valence electrons. The van der Waals surface area contributed by atoms with E-state index in [1.807, 2.05) is 39.0 Å². The molecule has 0 radical (unpaired) electrons. The number of aliphatic hydroxyl groups excluding tert-OH is 1. The van der Waals surface area contributed by atoms with Crippen LogP contribution in [0.5, 0.6) is 0 Å². The molecule has 2 heterocycles. The Morgan fingerprint density at radius 3 is 2.58 bits per heavy atom. The Labute approximate surface area is 143 Å². The van der Waals surface area contributed by atoms with Gasteiger partial charge in [0.1, 0.15) is 0 Å². The number of aliphatic hydroxyl groups is 1. The molecule has 3 rings (SSSR count). The van der Waals surface area contributed by atoms with Crippen LogP contribution in [0.25, 0.3) is 5.69 Å². The lowest BCUT2D eigenvalue weighted by Crippen LogP contribution is -2.45. The van der Waals surface area contributed by atoms with Gasteiger partial charge in [-0.1, -0.05) is 25.1 Å². The zero-order valence-electron chi connectivity index (χ0n) is 14.9. The third-order valence-electron chi connectivity index (χ3n) is 5.22. The number of hydrogen-bond acceptors (Lipinski definition) is 2. The Hall–Kier alpha value is -2.07. The van der Waals surface area contributed by atoms with Crippen LogP contribution < -0.4 is 0 Å². The molecule has 0 saturated carbocycles. The fraction of sp³-hybridized carbons (Fsp3) is 0.450. The summed E-state index contributed by atoms with van der Waals surface area (Å²) in [5.41, 5.74) is 5.04. The van der Waals surface area contributed by atoms with Crippen LogP contribution in [0.2, 0.25) is 0 Å². The molecule has 24 heavy (non-hydrogen) atoms. The number of aryl methyl sites for hydroxylation is 2. The number of amides is 1. The van der Waals surface area contributed by atoms with Crippen molar-refractivity contribution >= 4 is 5.91 Å². The van der Waals surface area contributed by atoms with Crippen LogP contribution >= 0.6 is 0 Å². The number of piperidine rings is 1. The van der Waals surface area contributed by atoms with E-state index in [1.165, 1.54) is 5.56 Å². The average molecular weight is 326 g/mol. The fourth-order valence-electron chi connectivity index (χ4n) is 3.57. The van der Waals surface area contributed by atoms with Gasteiger partial charge in [0, 0.05) is 30.2 Å². The van der Waals surface area contributed by atoms with Crippen molar-refractivity contribution in [1.29, 1.82) is 0 Å². The van der Waals surface area contributed by atoms with E-state index in [9.17, 15) is 9.90 Å². The first-order valence-corrected chi connectivity index (χ1v) is 8.62. The first-order chi connectivity index (χ1) is 11.4. The van der Waals surface area contributed by atoms with Gasteiger partial charge in [0.2, 0.25) is 0 Å². The van der Waals surface area contributed by atoms with Gasteiger partial charge in [-0.05, 0) is 50.8 Å². The van der Waals surface area contributed by atoms with Crippen LogP contribution in [-0.4, -0.2) is 39.7 Å². The largest absolute Gasteiger partial charge is 0.391 e. The number of benzene rings is 1. The highest BCUT2D eigenvalue weighted by Crippen LogP contribution is 2.26. The van der Waals surface area contributed by atoms with Crippen molar-refractivity contribution in [3.8, 4) is 5.69 Å². The van der Waals surface area contributed by atoms with Crippen molar-refractivity contribution in [3.63, 3.8) is 0 Å². The number of rotatable bonds is 2. The molecule has 2 atom stereocenters. The minimum absolute atomic E-state index is 0.0221. The highest BCUT2D eigenvalue weighted by Gasteiger charge is 2.29. The van der Waals surface area contributed by atoms with E-state index in [2.05, 4.69) is 23.6 Å². The van der Waals surface area contributed by atoms with Crippen molar-refractivity contribution in [1.82, 2.24) is 9.47 Å². The van der Waals surface area contributed by atoms with E-state index in [0.29, 0.717) is 13.1 Å². The predicted octanol–water partition coefficient (Wildman–Crippen LogP) is 3.25. The lowest BCUT2D eigenvalue weighted by molar-refractivity contribution is 0.0248. The second kappa shape index (κ2) is 6.44. The monoisotopic (exact) mass is 326 g/mol. The molecule has 0 spiro atoms. The number of hydrogen-bond donors (Lipinski definition) is 1. The Bertz CT molecular complexity index is 763. The standard InChI is InChI=1S/C20H26N2O2/c1-13-7-5-6-8-18(13)22-15(3)11-17(16(22)4)20(24)21-10-9-14(2)19(23)12-21/h5-8,11,14,19,23H,9-10,12H2,1-4H3/t14-,19-/m1/s1. The zero-order chi connectivity index (χ0) is 17.4. The van der Waals surface area contributed by atoms with Crippen molar-refractivity contribution in [2.24, 2.45) is 5.92 Å². The lowest BCUT2D eigenvalue weighted by Gasteiger charge is -2.34. The molecule has 1 saturated heterocycles. The van der Waals surface area contributed by atoms with Crippen LogP contribution in [0, 0.1) is 26.7 Å². The number of carbonyl (C=O) groups excluding carboxylic acids is 1. The van der Waals surface area contributed by atoms with Crippen LogP contribution in [0.15, 0.2) is 30.3 Å². The predicted molar refractivity (Wildman–Crippen MR) is 95.7 cm³/mol. The van der Waals surface area contributed by atoms with Crippen molar-refractivity contribution in [3.05, 3.63) is 52.8 Å². The number of aromatic nitrogens is 1. The second-order valence-corrected chi connectivity index (χ2v) is 6.99. The third-order valence-corrected chi connectivity index (χ3v) is 5.22. The summed E-state index contributed by atoms with van der Waals surface area (Å²) in [6, 6.07) is 10.2. The maximum Gasteiger partial charge on any atom is 0.255 e. The van der Waals surface area contributed by atoms with Gasteiger partial charge in [0.25, 0.3) is 5.91 Å². The summed E-state index contributed by atoms with van der Waals surface area (Å²) in [6.07, 6.45) is 0.422. The van der Waals surface area contributed by atoms with Crippen molar-refractivity contribution in [2.75, 3.05) is 13.1 Å². The molecule has 0 bridgehead atoms. The number of nitrogens with zero attached hydrogens (tertiary/aromatic N) is 2. The molecular formula is C20H26N2O2. The number of para-hydroxylation sites is 1. The van der Waals surface area contributed by atoms with E-state index < -0.39 is 6.10 Å². The molecule has 4 heteroatoms. The summed E-state index contributed by atoms with van der Waals surface area (Å²) in [7, 11) is 0. The highest BCUT2D eigenvalue weighted by atomic mass is 16.3. The van der Waals surface area contributed by atoms with Crippen LogP contribution in [-0.2, 0) is 0 Å². The molecule has 1 aromatic carbocycles. The van der Waals surface area contributed by atoms with Crippen LogP contribution in [0.1, 0.15) is 40.7 Å². The molecule has 1 aliphatic heterocycles. The van der Waals surface area contributed by atoms with Gasteiger partial charge < -0.3 is 14.6 Å². The fourth-order valence-corrected chi connectivity index (χ4v) is 3.57. The van der Waals surface area contributed by atoms with Gasteiger partial charge in [-0.2, -0.15) is 0 Å². The van der Waals surface area contributed by atoms with Crippen LogP contribution in [0.4, 0.5) is 0 Å². The first-order valence-electron chi connectivity index (χ1n) is 8.62. The Balaban J connectivity index is 1.95.